The zero-order valence-electron chi connectivity index (χ0n) is 15.3. The number of nitrogens with one attached hydrogen (secondary N) is 1. The molecule has 30 heavy (non-hydrogen) atoms. The summed E-state index contributed by atoms with van der Waals surface area (Å²) in [5.41, 5.74) is 5.59. The number of ether oxygens (including phenoxy) is 1. The molecule has 4 aromatic rings. The van der Waals surface area contributed by atoms with Gasteiger partial charge in [-0.1, -0.05) is 12.1 Å². The monoisotopic (exact) mass is 396 g/mol. The number of pyridine rings is 1. The third-order valence-corrected chi connectivity index (χ3v) is 4.20. The largest absolute Gasteiger partial charge is 0.439 e. The number of rotatable bonds is 4. The van der Waals surface area contributed by atoms with Crippen molar-refractivity contribution in [3.8, 4) is 40.7 Å². The van der Waals surface area contributed by atoms with E-state index in [9.17, 15) is 15.3 Å². The van der Waals surface area contributed by atoms with Crippen LogP contribution < -0.4 is 16.0 Å². The molecule has 0 atom stereocenters. The molecule has 0 spiro atoms. The molecule has 10 heteroatoms. The van der Waals surface area contributed by atoms with Crippen LogP contribution in [0.3, 0.4) is 0 Å². The van der Waals surface area contributed by atoms with E-state index in [-0.39, 0.29) is 22.5 Å². The first-order valence-electron chi connectivity index (χ1n) is 8.57. The van der Waals surface area contributed by atoms with E-state index in [2.05, 4.69) is 20.1 Å². The molecular weight excluding hydrogens is 384 g/mol. The summed E-state index contributed by atoms with van der Waals surface area (Å²) in [5.74, 6) is 1.21. The maximum absolute atomic E-state index is 12.1. The van der Waals surface area contributed by atoms with E-state index in [1.54, 1.807) is 53.5 Å². The average molecular weight is 396 g/mol. The molecule has 1 aromatic carbocycles. The summed E-state index contributed by atoms with van der Waals surface area (Å²) >= 11 is 0. The summed E-state index contributed by atoms with van der Waals surface area (Å²) in [6, 6.07) is 13.7. The smallest absolute Gasteiger partial charge is 0.268 e. The molecule has 0 bridgehead atoms. The molecule has 0 radical (unpaired) electrons. The predicted octanol–water partition coefficient (Wildman–Crippen LogP) is 2.14. The lowest BCUT2D eigenvalue weighted by Crippen LogP contribution is -2.16. The molecule has 144 valence electrons. The second-order valence-electron chi connectivity index (χ2n) is 6.01. The van der Waals surface area contributed by atoms with Crippen molar-refractivity contribution < 1.29 is 4.74 Å². The summed E-state index contributed by atoms with van der Waals surface area (Å²) in [6.07, 6.45) is 4.74. The van der Waals surface area contributed by atoms with Crippen LogP contribution in [-0.4, -0.2) is 24.7 Å². The first kappa shape index (κ1) is 18.4. The van der Waals surface area contributed by atoms with Crippen molar-refractivity contribution in [2.24, 2.45) is 0 Å². The Balaban J connectivity index is 1.67. The fourth-order valence-corrected chi connectivity index (χ4v) is 2.86. The molecule has 0 saturated carbocycles. The zero-order valence-corrected chi connectivity index (χ0v) is 15.3. The second kappa shape index (κ2) is 7.58. The van der Waals surface area contributed by atoms with Crippen molar-refractivity contribution in [3.05, 3.63) is 76.6 Å². The number of nitrogens with zero attached hydrogens (tertiary/aromatic N) is 6. The number of hydrogen-bond acceptors (Lipinski definition) is 8. The van der Waals surface area contributed by atoms with Gasteiger partial charge in [-0.25, -0.2) is 14.6 Å². The summed E-state index contributed by atoms with van der Waals surface area (Å²) in [5, 5.41) is 22.9. The Kier molecular flexibility index (Phi) is 4.65. The number of hydrogen-bond donors (Lipinski definition) is 2. The van der Waals surface area contributed by atoms with Crippen LogP contribution in [-0.2, 0) is 0 Å². The Morgan fingerprint density at radius 3 is 2.53 bits per heavy atom. The molecule has 4 rings (SSSR count). The molecule has 3 aromatic heterocycles. The summed E-state index contributed by atoms with van der Waals surface area (Å²) in [4.78, 5) is 22.6. The van der Waals surface area contributed by atoms with E-state index in [0.717, 1.165) is 0 Å². The maximum atomic E-state index is 12.1. The van der Waals surface area contributed by atoms with Gasteiger partial charge in [-0.05, 0) is 23.8 Å². The Bertz CT molecular complexity index is 1360. The number of nitriles is 2. The fraction of sp³-hybridized carbons (Fsp3) is 0. The van der Waals surface area contributed by atoms with Crippen LogP contribution in [0.25, 0.3) is 16.9 Å². The van der Waals surface area contributed by atoms with E-state index in [0.29, 0.717) is 23.0 Å². The van der Waals surface area contributed by atoms with Crippen LogP contribution in [0, 0.1) is 22.7 Å². The minimum absolute atomic E-state index is 0.0273. The van der Waals surface area contributed by atoms with Crippen molar-refractivity contribution in [2.75, 3.05) is 5.73 Å². The lowest BCUT2D eigenvalue weighted by atomic mass is 9.97. The average Bonchev–Trinajstić information content (AvgIpc) is 3.29. The summed E-state index contributed by atoms with van der Waals surface area (Å²) in [7, 11) is 0. The van der Waals surface area contributed by atoms with Crippen molar-refractivity contribution in [1.29, 1.82) is 10.5 Å². The van der Waals surface area contributed by atoms with Crippen molar-refractivity contribution >= 4 is 5.82 Å². The molecule has 0 aliphatic carbocycles. The summed E-state index contributed by atoms with van der Waals surface area (Å²) in [6.45, 7) is 0. The van der Waals surface area contributed by atoms with Gasteiger partial charge < -0.3 is 15.5 Å². The molecule has 0 unspecified atom stereocenters. The highest BCUT2D eigenvalue weighted by atomic mass is 16.5. The number of nitrogen functional groups attached to an aromatic ring is 1. The molecule has 0 aliphatic heterocycles. The topological polar surface area (TPSA) is 159 Å². The van der Waals surface area contributed by atoms with E-state index < -0.39 is 5.56 Å². The van der Waals surface area contributed by atoms with Crippen LogP contribution in [0.5, 0.6) is 11.6 Å². The summed E-state index contributed by atoms with van der Waals surface area (Å²) < 4.78 is 7.32. The molecule has 3 N–H and O–H groups in total. The molecule has 3 heterocycles. The van der Waals surface area contributed by atoms with E-state index in [1.807, 2.05) is 12.1 Å². The first-order valence-corrected chi connectivity index (χ1v) is 8.57. The quantitative estimate of drug-likeness (QED) is 0.530. The van der Waals surface area contributed by atoms with Gasteiger partial charge in [0.1, 0.15) is 41.2 Å². The minimum Gasteiger partial charge on any atom is -0.439 e. The molecule has 10 nitrogen and oxygen atoms in total. The molecular formula is C20H12N8O2. The Hall–Kier alpha value is -4.96. The van der Waals surface area contributed by atoms with Gasteiger partial charge in [-0.2, -0.15) is 15.6 Å². The van der Waals surface area contributed by atoms with Gasteiger partial charge in [0.25, 0.3) is 5.56 Å². The number of nitrogens with two attached hydrogens (primary N) is 1. The predicted molar refractivity (Wildman–Crippen MR) is 106 cm³/mol. The molecule has 0 amide bonds. The lowest BCUT2D eigenvalue weighted by Gasteiger charge is -2.10. The van der Waals surface area contributed by atoms with Gasteiger partial charge in [0.2, 0.25) is 5.88 Å². The highest BCUT2D eigenvalue weighted by Gasteiger charge is 2.18. The highest BCUT2D eigenvalue weighted by Crippen LogP contribution is 2.30. The Morgan fingerprint density at radius 1 is 1.10 bits per heavy atom. The van der Waals surface area contributed by atoms with Crippen LogP contribution in [0.1, 0.15) is 11.1 Å². The Labute approximate surface area is 169 Å². The third kappa shape index (κ3) is 3.32. The normalized spacial score (nSPS) is 10.2. The second-order valence-corrected chi connectivity index (χ2v) is 6.01. The van der Waals surface area contributed by atoms with E-state index in [4.69, 9.17) is 10.5 Å². The van der Waals surface area contributed by atoms with Gasteiger partial charge in [0.05, 0.1) is 0 Å². The van der Waals surface area contributed by atoms with Gasteiger partial charge >= 0.3 is 0 Å². The number of benzene rings is 1. The van der Waals surface area contributed by atoms with Gasteiger partial charge in [-0.3, -0.25) is 4.79 Å². The SMILES string of the molecule is N#Cc1c(N)[nH]c(=O)c(C#N)c1-c1ccc(Oc2cc(-n3cccn3)ncn2)cc1. The standard InChI is InChI=1S/C20H12N8O2/c21-9-14-18(15(10-22)20(29)27-19(14)23)12-2-4-13(5-3-12)30-17-8-16(24-11-25-17)28-7-1-6-26-28/h1-8,11H,(H3,23,27,29). The van der Waals surface area contributed by atoms with Crippen LogP contribution in [0.15, 0.2) is 59.9 Å². The van der Waals surface area contributed by atoms with Crippen LogP contribution in [0.2, 0.25) is 0 Å². The van der Waals surface area contributed by atoms with Crippen molar-refractivity contribution in [2.45, 2.75) is 0 Å². The van der Waals surface area contributed by atoms with Crippen molar-refractivity contribution in [3.63, 3.8) is 0 Å². The number of H-pyrrole nitrogens is 1. The fourth-order valence-electron chi connectivity index (χ4n) is 2.86. The van der Waals surface area contributed by atoms with Crippen LogP contribution >= 0.6 is 0 Å². The molecule has 0 fully saturated rings. The van der Waals surface area contributed by atoms with Gasteiger partial charge in [-0.15, -0.1) is 0 Å². The number of anilines is 1. The number of aromatic amines is 1. The Morgan fingerprint density at radius 2 is 1.87 bits per heavy atom. The maximum Gasteiger partial charge on any atom is 0.268 e. The van der Waals surface area contributed by atoms with Crippen LogP contribution in [0.4, 0.5) is 5.82 Å². The molecule has 0 aliphatic rings. The highest BCUT2D eigenvalue weighted by molar-refractivity contribution is 5.80. The van der Waals surface area contributed by atoms with Gasteiger partial charge in [0.15, 0.2) is 5.82 Å². The van der Waals surface area contributed by atoms with Gasteiger partial charge in [0, 0.05) is 24.0 Å². The minimum atomic E-state index is -0.656. The van der Waals surface area contributed by atoms with E-state index in [1.165, 1.54) is 6.33 Å². The first-order chi connectivity index (χ1) is 14.6. The zero-order chi connectivity index (χ0) is 21.1. The molecule has 0 saturated heterocycles. The van der Waals surface area contributed by atoms with E-state index >= 15 is 0 Å². The lowest BCUT2D eigenvalue weighted by molar-refractivity contribution is 0.460. The number of aromatic nitrogens is 5. The van der Waals surface area contributed by atoms with Crippen molar-refractivity contribution in [1.82, 2.24) is 24.7 Å². The third-order valence-electron chi connectivity index (χ3n) is 4.20.